The van der Waals surface area contributed by atoms with Crippen LogP contribution in [0.4, 0.5) is 4.39 Å². The molecule has 1 aromatic heterocycles. The first-order valence-corrected chi connectivity index (χ1v) is 8.23. The van der Waals surface area contributed by atoms with Gasteiger partial charge in [-0.3, -0.25) is 9.59 Å². The number of fused-ring (bicyclic) bond motifs is 1. The molecule has 26 heavy (non-hydrogen) atoms. The summed E-state index contributed by atoms with van der Waals surface area (Å²) in [5.74, 6) is -0.0889. The van der Waals surface area contributed by atoms with Crippen LogP contribution in [0.15, 0.2) is 47.3 Å². The summed E-state index contributed by atoms with van der Waals surface area (Å²) >= 11 is 0. The summed E-state index contributed by atoms with van der Waals surface area (Å²) in [6.45, 7) is 2.26. The number of ether oxygens (including phenoxy) is 1. The number of hydrogen-bond donors (Lipinski definition) is 2. The van der Waals surface area contributed by atoms with E-state index < -0.39 is 5.82 Å². The van der Waals surface area contributed by atoms with Crippen LogP contribution in [-0.4, -0.2) is 24.5 Å². The van der Waals surface area contributed by atoms with Crippen molar-refractivity contribution in [2.45, 2.75) is 13.3 Å². The second kappa shape index (κ2) is 7.39. The number of aryl methyl sites for hydroxylation is 1. The smallest absolute Gasteiger partial charge is 0.251 e. The number of halogens is 1. The summed E-state index contributed by atoms with van der Waals surface area (Å²) in [7, 11) is 1.56. The van der Waals surface area contributed by atoms with Gasteiger partial charge in [-0.1, -0.05) is 6.07 Å². The van der Waals surface area contributed by atoms with E-state index in [1.165, 1.54) is 24.3 Å². The Morgan fingerprint density at radius 3 is 2.62 bits per heavy atom. The Labute approximate surface area is 149 Å². The van der Waals surface area contributed by atoms with Crippen molar-refractivity contribution in [3.63, 3.8) is 0 Å². The summed E-state index contributed by atoms with van der Waals surface area (Å²) in [6.07, 6.45) is 0.384. The third-order valence-corrected chi connectivity index (χ3v) is 4.28. The van der Waals surface area contributed by atoms with Gasteiger partial charge < -0.3 is 15.0 Å². The van der Waals surface area contributed by atoms with Crippen LogP contribution < -0.4 is 15.6 Å². The lowest BCUT2D eigenvalue weighted by molar-refractivity contribution is 0.0954. The maximum atomic E-state index is 12.9. The Bertz CT molecular complexity index is 1010. The SMILES string of the molecule is COc1ccc(C)c2cc(CCNC(=O)c3ccc(F)cc3)c(=O)[nH]c12. The molecule has 1 heterocycles. The van der Waals surface area contributed by atoms with Crippen LogP contribution in [0.5, 0.6) is 5.75 Å². The molecule has 0 radical (unpaired) electrons. The van der Waals surface area contributed by atoms with Crippen LogP contribution in [-0.2, 0) is 6.42 Å². The fraction of sp³-hybridized carbons (Fsp3) is 0.200. The fourth-order valence-corrected chi connectivity index (χ4v) is 2.82. The molecule has 1 amide bonds. The van der Waals surface area contributed by atoms with E-state index in [1.54, 1.807) is 7.11 Å². The van der Waals surface area contributed by atoms with E-state index in [9.17, 15) is 14.0 Å². The number of aromatic nitrogens is 1. The highest BCUT2D eigenvalue weighted by atomic mass is 19.1. The van der Waals surface area contributed by atoms with Crippen molar-refractivity contribution in [2.75, 3.05) is 13.7 Å². The number of pyridine rings is 1. The number of methoxy groups -OCH3 is 1. The lowest BCUT2D eigenvalue weighted by atomic mass is 10.1. The molecule has 3 rings (SSSR count). The highest BCUT2D eigenvalue weighted by molar-refractivity contribution is 5.94. The molecule has 5 nitrogen and oxygen atoms in total. The van der Waals surface area contributed by atoms with Crippen LogP contribution in [0.1, 0.15) is 21.5 Å². The summed E-state index contributed by atoms with van der Waals surface area (Å²) in [5.41, 5.74) is 2.43. The van der Waals surface area contributed by atoms with Gasteiger partial charge in [0, 0.05) is 23.1 Å². The van der Waals surface area contributed by atoms with Crippen molar-refractivity contribution in [2.24, 2.45) is 0 Å². The van der Waals surface area contributed by atoms with E-state index in [2.05, 4.69) is 10.3 Å². The number of carbonyl (C=O) groups excluding carboxylic acids is 1. The number of rotatable bonds is 5. The molecular formula is C20H19FN2O3. The Morgan fingerprint density at radius 2 is 1.92 bits per heavy atom. The summed E-state index contributed by atoms with van der Waals surface area (Å²) in [5, 5.41) is 3.65. The highest BCUT2D eigenvalue weighted by Gasteiger charge is 2.10. The van der Waals surface area contributed by atoms with E-state index in [0.717, 1.165) is 10.9 Å². The molecule has 0 saturated heterocycles. The van der Waals surface area contributed by atoms with Crippen LogP contribution in [0.3, 0.4) is 0 Å². The topological polar surface area (TPSA) is 71.2 Å². The van der Waals surface area contributed by atoms with Crippen molar-refractivity contribution < 1.29 is 13.9 Å². The largest absolute Gasteiger partial charge is 0.495 e. The molecular weight excluding hydrogens is 335 g/mol. The van der Waals surface area contributed by atoms with Crippen LogP contribution >= 0.6 is 0 Å². The lowest BCUT2D eigenvalue weighted by Gasteiger charge is -2.10. The molecule has 0 aliphatic rings. The molecule has 2 N–H and O–H groups in total. The number of H-pyrrole nitrogens is 1. The molecule has 0 aliphatic carbocycles. The van der Waals surface area contributed by atoms with E-state index in [0.29, 0.717) is 35.4 Å². The van der Waals surface area contributed by atoms with Crippen molar-refractivity contribution in [1.82, 2.24) is 10.3 Å². The molecule has 0 bridgehead atoms. The number of aromatic amines is 1. The van der Waals surface area contributed by atoms with Crippen LogP contribution in [0.25, 0.3) is 10.9 Å². The van der Waals surface area contributed by atoms with Gasteiger partial charge in [-0.2, -0.15) is 0 Å². The monoisotopic (exact) mass is 354 g/mol. The zero-order valence-corrected chi connectivity index (χ0v) is 14.6. The minimum Gasteiger partial charge on any atom is -0.495 e. The predicted octanol–water partition coefficient (Wildman–Crippen LogP) is 2.96. The van der Waals surface area contributed by atoms with Gasteiger partial charge >= 0.3 is 0 Å². The minimum atomic E-state index is -0.393. The molecule has 6 heteroatoms. The van der Waals surface area contributed by atoms with E-state index in [-0.39, 0.29) is 11.5 Å². The van der Waals surface area contributed by atoms with Gasteiger partial charge in [-0.05, 0) is 55.3 Å². The van der Waals surface area contributed by atoms with E-state index in [4.69, 9.17) is 4.74 Å². The summed E-state index contributed by atoms with van der Waals surface area (Å²) in [6, 6.07) is 10.9. The molecule has 0 unspecified atom stereocenters. The Balaban J connectivity index is 1.76. The third-order valence-electron chi connectivity index (χ3n) is 4.28. The standard InChI is InChI=1S/C20H19FN2O3/c1-12-3-8-17(26-2)18-16(12)11-14(20(25)23-18)9-10-22-19(24)13-4-6-15(21)7-5-13/h3-8,11H,9-10H2,1-2H3,(H,22,24)(H,23,25). The van der Waals surface area contributed by atoms with Crippen LogP contribution in [0, 0.1) is 12.7 Å². The van der Waals surface area contributed by atoms with Gasteiger partial charge in [0.1, 0.15) is 11.6 Å². The Kier molecular flexibility index (Phi) is 5.02. The number of amides is 1. The zero-order chi connectivity index (χ0) is 18.7. The first-order chi connectivity index (χ1) is 12.5. The van der Waals surface area contributed by atoms with Gasteiger partial charge in [-0.15, -0.1) is 0 Å². The molecule has 134 valence electrons. The number of nitrogens with one attached hydrogen (secondary N) is 2. The van der Waals surface area contributed by atoms with Gasteiger partial charge in [0.25, 0.3) is 11.5 Å². The molecule has 0 spiro atoms. The average molecular weight is 354 g/mol. The van der Waals surface area contributed by atoms with Crippen molar-refractivity contribution in [3.8, 4) is 5.75 Å². The van der Waals surface area contributed by atoms with Gasteiger partial charge in [-0.25, -0.2) is 4.39 Å². The number of hydrogen-bond acceptors (Lipinski definition) is 3. The molecule has 3 aromatic rings. The highest BCUT2D eigenvalue weighted by Crippen LogP contribution is 2.25. The predicted molar refractivity (Wildman–Crippen MR) is 98.3 cm³/mol. The molecule has 0 aliphatic heterocycles. The van der Waals surface area contributed by atoms with Crippen molar-refractivity contribution >= 4 is 16.8 Å². The van der Waals surface area contributed by atoms with Gasteiger partial charge in [0.05, 0.1) is 12.6 Å². The quantitative estimate of drug-likeness (QED) is 0.740. The van der Waals surface area contributed by atoms with Gasteiger partial charge in [0.15, 0.2) is 0 Å². The summed E-state index contributed by atoms with van der Waals surface area (Å²) in [4.78, 5) is 27.2. The van der Waals surface area contributed by atoms with Crippen LogP contribution in [0.2, 0.25) is 0 Å². The summed E-state index contributed by atoms with van der Waals surface area (Å²) < 4.78 is 18.2. The maximum absolute atomic E-state index is 12.9. The van der Waals surface area contributed by atoms with Gasteiger partial charge in [0.2, 0.25) is 0 Å². The molecule has 0 saturated carbocycles. The minimum absolute atomic E-state index is 0.211. The first kappa shape index (κ1) is 17.7. The number of benzene rings is 2. The molecule has 0 atom stereocenters. The normalized spacial score (nSPS) is 10.7. The average Bonchev–Trinajstić information content (AvgIpc) is 2.63. The Morgan fingerprint density at radius 1 is 1.19 bits per heavy atom. The number of carbonyl (C=O) groups is 1. The maximum Gasteiger partial charge on any atom is 0.251 e. The first-order valence-electron chi connectivity index (χ1n) is 8.23. The lowest BCUT2D eigenvalue weighted by Crippen LogP contribution is -2.27. The second-order valence-electron chi connectivity index (χ2n) is 6.01. The Hall–Kier alpha value is -3.15. The fourth-order valence-electron chi connectivity index (χ4n) is 2.82. The molecule has 2 aromatic carbocycles. The van der Waals surface area contributed by atoms with E-state index in [1.807, 2.05) is 25.1 Å². The van der Waals surface area contributed by atoms with Crippen molar-refractivity contribution in [1.29, 1.82) is 0 Å². The molecule has 0 fully saturated rings. The van der Waals surface area contributed by atoms with Crippen molar-refractivity contribution in [3.05, 3.63) is 75.3 Å². The second-order valence-corrected chi connectivity index (χ2v) is 6.01. The third kappa shape index (κ3) is 3.59. The van der Waals surface area contributed by atoms with E-state index >= 15 is 0 Å². The zero-order valence-electron chi connectivity index (χ0n) is 14.6.